The first-order valence-electron chi connectivity index (χ1n) is 4.21. The van der Waals surface area contributed by atoms with Crippen molar-refractivity contribution in [3.05, 3.63) is 12.4 Å². The Morgan fingerprint density at radius 1 is 1.36 bits per heavy atom. The molecule has 6 heteroatoms. The third kappa shape index (κ3) is 1.59. The van der Waals surface area contributed by atoms with E-state index >= 15 is 0 Å². The molecule has 0 saturated carbocycles. The van der Waals surface area contributed by atoms with E-state index in [1.807, 2.05) is 0 Å². The molecule has 74 valence electrons. The molecule has 1 saturated heterocycles. The van der Waals surface area contributed by atoms with E-state index in [1.54, 1.807) is 29.0 Å². The molecule has 1 aromatic rings. The first-order valence-corrected chi connectivity index (χ1v) is 4.21. The highest BCUT2D eigenvalue weighted by Gasteiger charge is 2.23. The summed E-state index contributed by atoms with van der Waals surface area (Å²) >= 11 is 0. The van der Waals surface area contributed by atoms with Crippen LogP contribution in [0.2, 0.25) is 0 Å². The van der Waals surface area contributed by atoms with Gasteiger partial charge in [0.15, 0.2) is 0 Å². The number of nitrogens with zero attached hydrogens (tertiary/aromatic N) is 3. The van der Waals surface area contributed by atoms with Gasteiger partial charge >= 0.3 is 0 Å². The second-order valence-electron chi connectivity index (χ2n) is 3.20. The average Bonchev–Trinajstić information content (AvgIpc) is 2.50. The summed E-state index contributed by atoms with van der Waals surface area (Å²) in [6, 6.07) is 0. The zero-order valence-electron chi connectivity index (χ0n) is 7.73. The number of aromatic nitrogens is 2. The summed E-state index contributed by atoms with van der Waals surface area (Å²) in [6.45, 7) is 0.412. The van der Waals surface area contributed by atoms with E-state index < -0.39 is 0 Å². The number of carbonyl (C=O) groups is 2. The van der Waals surface area contributed by atoms with E-state index in [4.69, 9.17) is 0 Å². The van der Waals surface area contributed by atoms with Crippen LogP contribution < -0.4 is 10.2 Å². The molecule has 2 rings (SSSR count). The van der Waals surface area contributed by atoms with Crippen molar-refractivity contribution in [2.24, 2.45) is 7.05 Å². The standard InChI is InChI=1S/C8H10N4O2/c1-11-3-6(2-9-11)12-4-7(13)10-8(14)5-12/h2-3H,4-5H2,1H3,(H,10,13,14). The molecule has 0 aliphatic carbocycles. The second kappa shape index (κ2) is 3.13. The lowest BCUT2D eigenvalue weighted by molar-refractivity contribution is -0.130. The van der Waals surface area contributed by atoms with Crippen molar-refractivity contribution in [2.75, 3.05) is 18.0 Å². The normalized spacial score (nSPS) is 17.1. The molecule has 0 bridgehead atoms. The van der Waals surface area contributed by atoms with Gasteiger partial charge in [-0.05, 0) is 0 Å². The molecular formula is C8H10N4O2. The highest BCUT2D eigenvalue weighted by molar-refractivity contribution is 6.02. The van der Waals surface area contributed by atoms with Gasteiger partial charge in [-0.1, -0.05) is 0 Å². The molecule has 2 amide bonds. The first-order chi connectivity index (χ1) is 6.65. The fourth-order valence-corrected chi connectivity index (χ4v) is 1.39. The maximum atomic E-state index is 11.1. The average molecular weight is 194 g/mol. The Bertz CT molecular complexity index is 368. The van der Waals surface area contributed by atoms with Crippen LogP contribution >= 0.6 is 0 Å². The molecular weight excluding hydrogens is 184 g/mol. The molecule has 2 heterocycles. The van der Waals surface area contributed by atoms with Crippen LogP contribution in [0.4, 0.5) is 5.69 Å². The van der Waals surface area contributed by atoms with E-state index in [9.17, 15) is 9.59 Å². The van der Waals surface area contributed by atoms with E-state index in [1.165, 1.54) is 0 Å². The number of nitrogens with one attached hydrogen (secondary N) is 1. The zero-order valence-corrected chi connectivity index (χ0v) is 7.73. The zero-order chi connectivity index (χ0) is 10.1. The highest BCUT2D eigenvalue weighted by atomic mass is 16.2. The lowest BCUT2D eigenvalue weighted by atomic mass is 10.3. The summed E-state index contributed by atoms with van der Waals surface area (Å²) in [4.78, 5) is 23.8. The Kier molecular flexibility index (Phi) is 1.95. The fraction of sp³-hybridized carbons (Fsp3) is 0.375. The maximum Gasteiger partial charge on any atom is 0.246 e. The summed E-state index contributed by atoms with van der Waals surface area (Å²) < 4.78 is 1.63. The Hall–Kier alpha value is -1.85. The predicted molar refractivity (Wildman–Crippen MR) is 48.6 cm³/mol. The van der Waals surface area contributed by atoms with Crippen molar-refractivity contribution in [2.45, 2.75) is 0 Å². The van der Waals surface area contributed by atoms with Gasteiger partial charge in [0.05, 0.1) is 25.0 Å². The lowest BCUT2D eigenvalue weighted by Gasteiger charge is -2.25. The summed E-state index contributed by atoms with van der Waals surface area (Å²) in [7, 11) is 1.79. The number of piperazine rings is 1. The van der Waals surface area contributed by atoms with Crippen molar-refractivity contribution in [3.8, 4) is 0 Å². The third-order valence-corrected chi connectivity index (χ3v) is 2.00. The van der Waals surface area contributed by atoms with Crippen molar-refractivity contribution in [1.82, 2.24) is 15.1 Å². The van der Waals surface area contributed by atoms with Crippen LogP contribution in [-0.4, -0.2) is 34.7 Å². The van der Waals surface area contributed by atoms with Gasteiger partial charge in [-0.2, -0.15) is 5.10 Å². The van der Waals surface area contributed by atoms with Gasteiger partial charge in [-0.3, -0.25) is 19.6 Å². The number of rotatable bonds is 1. The van der Waals surface area contributed by atoms with Crippen molar-refractivity contribution in [3.63, 3.8) is 0 Å². The van der Waals surface area contributed by atoms with Crippen LogP contribution in [0.15, 0.2) is 12.4 Å². The van der Waals surface area contributed by atoms with E-state index in [0.717, 1.165) is 5.69 Å². The molecule has 0 spiro atoms. The van der Waals surface area contributed by atoms with Crippen LogP contribution in [0.5, 0.6) is 0 Å². The molecule has 6 nitrogen and oxygen atoms in total. The molecule has 14 heavy (non-hydrogen) atoms. The highest BCUT2D eigenvalue weighted by Crippen LogP contribution is 2.12. The number of carbonyl (C=O) groups excluding carboxylic acids is 2. The van der Waals surface area contributed by atoms with Gasteiger partial charge in [0.1, 0.15) is 0 Å². The summed E-state index contributed by atoms with van der Waals surface area (Å²) in [6.07, 6.45) is 3.40. The minimum Gasteiger partial charge on any atom is -0.350 e. The number of imide groups is 1. The van der Waals surface area contributed by atoms with Gasteiger partial charge in [-0.25, -0.2) is 0 Å². The van der Waals surface area contributed by atoms with Crippen LogP contribution in [0.1, 0.15) is 0 Å². The van der Waals surface area contributed by atoms with E-state index in [2.05, 4.69) is 10.4 Å². The van der Waals surface area contributed by atoms with Gasteiger partial charge in [0.25, 0.3) is 0 Å². The largest absolute Gasteiger partial charge is 0.350 e. The van der Waals surface area contributed by atoms with Crippen molar-refractivity contribution in [1.29, 1.82) is 0 Å². The number of anilines is 1. The molecule has 1 fully saturated rings. The Morgan fingerprint density at radius 3 is 2.50 bits per heavy atom. The predicted octanol–water partition coefficient (Wildman–Crippen LogP) is -1.12. The van der Waals surface area contributed by atoms with Crippen LogP contribution in [0, 0.1) is 0 Å². The first kappa shape index (κ1) is 8.74. The minimum absolute atomic E-state index is 0.206. The van der Waals surface area contributed by atoms with Crippen molar-refractivity contribution >= 4 is 17.5 Å². The molecule has 0 unspecified atom stereocenters. The summed E-state index contributed by atoms with van der Waals surface area (Å²) in [5.74, 6) is -0.546. The third-order valence-electron chi connectivity index (χ3n) is 2.00. The molecule has 1 aliphatic rings. The number of hydrogen-bond donors (Lipinski definition) is 1. The molecule has 0 aromatic carbocycles. The number of aryl methyl sites for hydroxylation is 1. The van der Waals surface area contributed by atoms with E-state index in [0.29, 0.717) is 0 Å². The Morgan fingerprint density at radius 2 is 2.00 bits per heavy atom. The van der Waals surface area contributed by atoms with Crippen LogP contribution in [0.25, 0.3) is 0 Å². The van der Waals surface area contributed by atoms with Gasteiger partial charge < -0.3 is 4.90 Å². The molecule has 1 N–H and O–H groups in total. The number of amides is 2. The minimum atomic E-state index is -0.273. The van der Waals surface area contributed by atoms with Crippen LogP contribution in [0.3, 0.4) is 0 Å². The molecule has 1 aromatic heterocycles. The quantitative estimate of drug-likeness (QED) is 0.575. The Labute approximate surface area is 80.5 Å². The maximum absolute atomic E-state index is 11.1. The summed E-state index contributed by atoms with van der Waals surface area (Å²) in [5, 5.41) is 6.21. The van der Waals surface area contributed by atoms with Crippen molar-refractivity contribution < 1.29 is 9.59 Å². The summed E-state index contributed by atoms with van der Waals surface area (Å²) in [5.41, 5.74) is 0.788. The second-order valence-corrected chi connectivity index (χ2v) is 3.20. The van der Waals surface area contributed by atoms with Gasteiger partial charge in [0, 0.05) is 13.2 Å². The van der Waals surface area contributed by atoms with Gasteiger partial charge in [-0.15, -0.1) is 0 Å². The smallest absolute Gasteiger partial charge is 0.246 e. The Balaban J connectivity index is 2.18. The molecule has 1 aliphatic heterocycles. The van der Waals surface area contributed by atoms with Crippen LogP contribution in [-0.2, 0) is 16.6 Å². The molecule has 0 atom stereocenters. The number of hydrogen-bond acceptors (Lipinski definition) is 4. The monoisotopic (exact) mass is 194 g/mol. The van der Waals surface area contributed by atoms with E-state index in [-0.39, 0.29) is 24.9 Å². The lowest BCUT2D eigenvalue weighted by Crippen LogP contribution is -2.51. The van der Waals surface area contributed by atoms with Gasteiger partial charge in [0.2, 0.25) is 11.8 Å². The SMILES string of the molecule is Cn1cc(N2CC(=O)NC(=O)C2)cn1. The topological polar surface area (TPSA) is 67.2 Å². The fourth-order valence-electron chi connectivity index (χ4n) is 1.39. The molecule has 0 radical (unpaired) electrons.